The summed E-state index contributed by atoms with van der Waals surface area (Å²) in [4.78, 5) is 0. The van der Waals surface area contributed by atoms with Gasteiger partial charge >= 0.3 is 0 Å². The van der Waals surface area contributed by atoms with Gasteiger partial charge in [-0.3, -0.25) is 0 Å². The van der Waals surface area contributed by atoms with Crippen LogP contribution in [0.3, 0.4) is 0 Å². The van der Waals surface area contributed by atoms with E-state index in [1.807, 2.05) is 55.5 Å². The Balaban J connectivity index is 2.17. The first-order valence-corrected chi connectivity index (χ1v) is 8.75. The van der Waals surface area contributed by atoms with Gasteiger partial charge in [0.25, 0.3) is 0 Å². The molecule has 3 aromatic rings. The third-order valence-electron chi connectivity index (χ3n) is 4.22. The predicted molar refractivity (Wildman–Crippen MR) is 105 cm³/mol. The molecule has 0 saturated heterocycles. The molecule has 118 valence electrons. The van der Waals surface area contributed by atoms with Gasteiger partial charge < -0.3 is 10.8 Å². The molecule has 0 fully saturated rings. The zero-order valence-electron chi connectivity index (χ0n) is 13.0. The monoisotopic (exact) mass is 417 g/mol. The third-order valence-corrected chi connectivity index (χ3v) is 4.89. The summed E-state index contributed by atoms with van der Waals surface area (Å²) in [7, 11) is 0. The van der Waals surface area contributed by atoms with Crippen molar-refractivity contribution < 1.29 is 5.11 Å². The lowest BCUT2D eigenvalue weighted by Gasteiger charge is -2.34. The molecule has 3 atom stereocenters. The molecule has 0 spiro atoms. The highest BCUT2D eigenvalue weighted by atomic mass is 127. The number of alkyl halides is 1. The molecule has 0 radical (unpaired) electrons. The van der Waals surface area contributed by atoms with Crippen molar-refractivity contribution in [2.24, 2.45) is 5.73 Å². The Hall–Kier alpha value is -1.43. The average Bonchev–Trinajstić information content (AvgIpc) is 2.55. The van der Waals surface area contributed by atoms with E-state index in [1.165, 1.54) is 0 Å². The maximum atomic E-state index is 11.0. The molecule has 2 nitrogen and oxygen atoms in total. The molecule has 0 aliphatic rings. The largest absolute Gasteiger partial charge is 0.388 e. The summed E-state index contributed by atoms with van der Waals surface area (Å²) >= 11 is 2.23. The van der Waals surface area contributed by atoms with Crippen LogP contribution in [0.1, 0.15) is 30.1 Å². The molecule has 0 aliphatic carbocycles. The molecular formula is C20H20INO. The Morgan fingerprint density at radius 1 is 0.913 bits per heavy atom. The molecule has 0 bridgehead atoms. The highest BCUT2D eigenvalue weighted by Gasteiger charge is 2.36. The van der Waals surface area contributed by atoms with Gasteiger partial charge in [0.15, 0.2) is 0 Å². The first-order chi connectivity index (χ1) is 11.0. The molecule has 3 rings (SSSR count). The van der Waals surface area contributed by atoms with Crippen LogP contribution in [-0.2, 0) is 0 Å². The van der Waals surface area contributed by atoms with Gasteiger partial charge in [0, 0.05) is 5.92 Å². The lowest BCUT2D eigenvalue weighted by molar-refractivity contribution is 0.132. The molecule has 3 aromatic carbocycles. The van der Waals surface area contributed by atoms with Gasteiger partial charge in [-0.1, -0.05) is 95.4 Å². The summed E-state index contributed by atoms with van der Waals surface area (Å²) in [6.45, 7) is 1.96. The molecule has 0 amide bonds. The third kappa shape index (κ3) is 3.42. The van der Waals surface area contributed by atoms with Crippen LogP contribution in [0.15, 0.2) is 72.8 Å². The van der Waals surface area contributed by atoms with Crippen molar-refractivity contribution in [2.75, 3.05) is 0 Å². The van der Waals surface area contributed by atoms with E-state index in [4.69, 9.17) is 5.73 Å². The van der Waals surface area contributed by atoms with E-state index in [0.29, 0.717) is 0 Å². The molecule has 0 heterocycles. The van der Waals surface area contributed by atoms with Crippen LogP contribution in [0.4, 0.5) is 0 Å². The van der Waals surface area contributed by atoms with Gasteiger partial charge in [0.1, 0.15) is 0 Å². The summed E-state index contributed by atoms with van der Waals surface area (Å²) in [6.07, 6.45) is -0.658. The molecule has 3 heteroatoms. The standard InChI is InChI=1S/C20H20INO/c1-20(21,22)18(19(23)15-9-3-2-4-10-15)17-13-7-11-14-8-5-6-12-16(14)17/h2-13,18-19,23H,22H2,1H3. The number of hydrogen-bond donors (Lipinski definition) is 2. The van der Waals surface area contributed by atoms with Crippen molar-refractivity contribution in [3.8, 4) is 0 Å². The molecule has 0 aromatic heterocycles. The van der Waals surface area contributed by atoms with Crippen LogP contribution in [-0.4, -0.2) is 8.65 Å². The number of benzene rings is 3. The van der Waals surface area contributed by atoms with Crippen molar-refractivity contribution in [2.45, 2.75) is 22.5 Å². The zero-order chi connectivity index (χ0) is 16.4. The van der Waals surface area contributed by atoms with Gasteiger partial charge in [-0.25, -0.2) is 0 Å². The fraction of sp³-hybridized carbons (Fsp3) is 0.200. The molecule has 3 unspecified atom stereocenters. The van der Waals surface area contributed by atoms with E-state index >= 15 is 0 Å². The van der Waals surface area contributed by atoms with E-state index in [9.17, 15) is 5.11 Å². The molecule has 0 saturated carbocycles. The number of aliphatic hydroxyl groups excluding tert-OH is 1. The van der Waals surface area contributed by atoms with Crippen LogP contribution < -0.4 is 5.73 Å². The van der Waals surface area contributed by atoms with E-state index in [0.717, 1.165) is 21.9 Å². The van der Waals surface area contributed by atoms with Crippen LogP contribution >= 0.6 is 22.6 Å². The number of nitrogens with two attached hydrogens (primary N) is 1. The Kier molecular flexibility index (Phi) is 4.71. The van der Waals surface area contributed by atoms with Gasteiger partial charge in [-0.15, -0.1) is 0 Å². The van der Waals surface area contributed by atoms with Gasteiger partial charge in [0.2, 0.25) is 0 Å². The van der Waals surface area contributed by atoms with E-state index in [1.54, 1.807) is 0 Å². The average molecular weight is 417 g/mol. The molecule has 0 aliphatic heterocycles. The minimum Gasteiger partial charge on any atom is -0.388 e. The number of aliphatic hydroxyl groups is 1. The fourth-order valence-electron chi connectivity index (χ4n) is 3.15. The van der Waals surface area contributed by atoms with Crippen molar-refractivity contribution in [1.29, 1.82) is 0 Å². The van der Waals surface area contributed by atoms with Crippen LogP contribution in [0.25, 0.3) is 10.8 Å². The molecule has 23 heavy (non-hydrogen) atoms. The van der Waals surface area contributed by atoms with Crippen molar-refractivity contribution >= 4 is 33.4 Å². The lowest BCUT2D eigenvalue weighted by Crippen LogP contribution is -2.39. The molecule has 3 N–H and O–H groups in total. The Morgan fingerprint density at radius 2 is 1.52 bits per heavy atom. The lowest BCUT2D eigenvalue weighted by atomic mass is 9.82. The fourth-order valence-corrected chi connectivity index (χ4v) is 3.82. The Bertz CT molecular complexity index is 790. The predicted octanol–water partition coefficient (Wildman–Crippen LogP) is 4.77. The summed E-state index contributed by atoms with van der Waals surface area (Å²) < 4.78 is -0.586. The Labute approximate surface area is 150 Å². The summed E-state index contributed by atoms with van der Waals surface area (Å²) in [5.41, 5.74) is 8.44. The second kappa shape index (κ2) is 6.59. The van der Waals surface area contributed by atoms with Crippen LogP contribution in [0.5, 0.6) is 0 Å². The number of halogens is 1. The SMILES string of the molecule is CC(N)(I)C(c1cccc2ccccc12)C(O)c1ccccc1. The normalized spacial score (nSPS) is 16.7. The van der Waals surface area contributed by atoms with Crippen molar-refractivity contribution in [1.82, 2.24) is 0 Å². The summed E-state index contributed by atoms with van der Waals surface area (Å²) in [5.74, 6) is -0.211. The summed E-state index contributed by atoms with van der Waals surface area (Å²) in [5, 5.41) is 13.3. The topological polar surface area (TPSA) is 46.2 Å². The minimum absolute atomic E-state index is 0.211. The number of rotatable bonds is 4. The van der Waals surface area contributed by atoms with Crippen LogP contribution in [0, 0.1) is 0 Å². The first-order valence-electron chi connectivity index (χ1n) is 7.67. The van der Waals surface area contributed by atoms with Gasteiger partial charge in [-0.2, -0.15) is 0 Å². The zero-order valence-corrected chi connectivity index (χ0v) is 15.1. The highest BCUT2D eigenvalue weighted by molar-refractivity contribution is 14.1. The van der Waals surface area contributed by atoms with Crippen LogP contribution in [0.2, 0.25) is 0 Å². The number of fused-ring (bicyclic) bond motifs is 1. The second-order valence-electron chi connectivity index (χ2n) is 6.05. The number of hydrogen-bond acceptors (Lipinski definition) is 2. The van der Waals surface area contributed by atoms with E-state index in [-0.39, 0.29) is 5.92 Å². The Morgan fingerprint density at radius 3 is 2.22 bits per heavy atom. The quantitative estimate of drug-likeness (QED) is 0.365. The smallest absolute Gasteiger partial charge is 0.0884 e. The maximum Gasteiger partial charge on any atom is 0.0884 e. The van der Waals surface area contributed by atoms with Crippen molar-refractivity contribution in [3.63, 3.8) is 0 Å². The summed E-state index contributed by atoms with van der Waals surface area (Å²) in [6, 6.07) is 24.2. The highest BCUT2D eigenvalue weighted by Crippen LogP contribution is 2.43. The van der Waals surface area contributed by atoms with Gasteiger partial charge in [-0.05, 0) is 28.8 Å². The maximum absolute atomic E-state index is 11.0. The van der Waals surface area contributed by atoms with E-state index in [2.05, 4.69) is 46.9 Å². The van der Waals surface area contributed by atoms with Gasteiger partial charge in [0.05, 0.1) is 9.65 Å². The molecular weight excluding hydrogens is 397 g/mol. The van der Waals surface area contributed by atoms with E-state index < -0.39 is 9.65 Å². The minimum atomic E-state index is -0.658. The second-order valence-corrected chi connectivity index (χ2v) is 8.38. The van der Waals surface area contributed by atoms with Crippen molar-refractivity contribution in [3.05, 3.63) is 83.9 Å². The first kappa shape index (κ1) is 16.4.